The molecule has 0 aromatic heterocycles. The van der Waals surface area contributed by atoms with Crippen LogP contribution < -0.4 is 5.32 Å². The van der Waals surface area contributed by atoms with Crippen molar-refractivity contribution in [3.05, 3.63) is 35.9 Å². The first-order valence-corrected chi connectivity index (χ1v) is 4.53. The van der Waals surface area contributed by atoms with E-state index >= 15 is 0 Å². The number of benzene rings is 1. The summed E-state index contributed by atoms with van der Waals surface area (Å²) in [6.07, 6.45) is 0. The van der Waals surface area contributed by atoms with Crippen LogP contribution in [0, 0.1) is 0 Å². The number of methoxy groups -OCH3 is 1. The summed E-state index contributed by atoms with van der Waals surface area (Å²) in [7, 11) is 1.64. The monoisotopic (exact) mass is 195 g/mol. The van der Waals surface area contributed by atoms with Crippen LogP contribution in [0.5, 0.6) is 0 Å². The summed E-state index contributed by atoms with van der Waals surface area (Å²) in [5.74, 6) is 0. The molecular weight excluding hydrogens is 182 g/mol. The summed E-state index contributed by atoms with van der Waals surface area (Å²) in [5, 5.41) is 3.11. The third kappa shape index (κ3) is 4.01. The average molecular weight is 195 g/mol. The van der Waals surface area contributed by atoms with Crippen LogP contribution in [0.2, 0.25) is 0 Å². The van der Waals surface area contributed by atoms with Crippen molar-refractivity contribution in [3.8, 4) is 0 Å². The molecule has 70 valence electrons. The highest BCUT2D eigenvalue weighted by Gasteiger charge is 1.94. The lowest BCUT2D eigenvalue weighted by atomic mass is 10.2. The maximum atomic E-state index is 5.02. The summed E-state index contributed by atoms with van der Waals surface area (Å²) in [6.45, 7) is 1.26. The van der Waals surface area contributed by atoms with Crippen LogP contribution in [0.25, 0.3) is 0 Å². The van der Waals surface area contributed by atoms with E-state index in [9.17, 15) is 0 Å². The zero-order valence-electron chi connectivity index (χ0n) is 7.62. The van der Waals surface area contributed by atoms with Crippen molar-refractivity contribution in [1.82, 2.24) is 5.32 Å². The highest BCUT2D eigenvalue weighted by atomic mass is 32.1. The van der Waals surface area contributed by atoms with Crippen LogP contribution in [-0.4, -0.2) is 18.7 Å². The van der Waals surface area contributed by atoms with Crippen LogP contribution in [0.15, 0.2) is 30.3 Å². The predicted molar refractivity (Wildman–Crippen MR) is 57.8 cm³/mol. The van der Waals surface area contributed by atoms with Crippen molar-refractivity contribution < 1.29 is 4.74 Å². The largest absolute Gasteiger partial charge is 0.378 e. The van der Waals surface area contributed by atoms with Crippen LogP contribution in [0.1, 0.15) is 5.56 Å². The first-order chi connectivity index (χ1) is 6.33. The number of ether oxygens (including phenoxy) is 1. The maximum Gasteiger partial charge on any atom is 0.102 e. The van der Waals surface area contributed by atoms with Gasteiger partial charge in [-0.3, -0.25) is 0 Å². The summed E-state index contributed by atoms with van der Waals surface area (Å²) in [5.41, 5.74) is 1.22. The Hall–Kier alpha value is -0.930. The van der Waals surface area contributed by atoms with Gasteiger partial charge < -0.3 is 10.1 Å². The van der Waals surface area contributed by atoms with Gasteiger partial charge in [0.1, 0.15) is 4.99 Å². The number of thiocarbonyl (C=S) groups is 1. The van der Waals surface area contributed by atoms with Gasteiger partial charge in [0.05, 0.1) is 6.61 Å². The molecule has 0 radical (unpaired) electrons. The lowest BCUT2D eigenvalue weighted by Crippen LogP contribution is -2.24. The van der Waals surface area contributed by atoms with Crippen molar-refractivity contribution in [2.45, 2.75) is 6.54 Å². The maximum absolute atomic E-state index is 5.02. The Morgan fingerprint density at radius 1 is 1.38 bits per heavy atom. The lowest BCUT2D eigenvalue weighted by Gasteiger charge is -2.06. The standard InChI is InChI=1S/C10H13NOS/c1-12-8-10(13)11-7-9-5-3-2-4-6-9/h2-6H,7-8H2,1H3,(H,11,13). The Balaban J connectivity index is 2.31. The first-order valence-electron chi connectivity index (χ1n) is 4.12. The van der Waals surface area contributed by atoms with E-state index in [0.29, 0.717) is 6.61 Å². The molecule has 0 bridgehead atoms. The zero-order valence-corrected chi connectivity index (χ0v) is 8.43. The molecule has 0 aliphatic rings. The molecule has 2 nitrogen and oxygen atoms in total. The zero-order chi connectivity index (χ0) is 9.52. The van der Waals surface area contributed by atoms with Gasteiger partial charge in [-0.25, -0.2) is 0 Å². The third-order valence-corrected chi connectivity index (χ3v) is 1.87. The van der Waals surface area contributed by atoms with Crippen LogP contribution >= 0.6 is 12.2 Å². The lowest BCUT2D eigenvalue weighted by molar-refractivity contribution is 0.244. The smallest absolute Gasteiger partial charge is 0.102 e. The molecule has 0 saturated carbocycles. The Kier molecular flexibility index (Phi) is 4.43. The van der Waals surface area contributed by atoms with E-state index in [1.54, 1.807) is 7.11 Å². The van der Waals surface area contributed by atoms with E-state index in [1.807, 2.05) is 18.2 Å². The Morgan fingerprint density at radius 3 is 2.69 bits per heavy atom. The first kappa shape index (κ1) is 10.2. The molecule has 0 atom stereocenters. The van der Waals surface area contributed by atoms with Gasteiger partial charge in [-0.2, -0.15) is 0 Å². The minimum absolute atomic E-state index is 0.488. The Morgan fingerprint density at radius 2 is 2.08 bits per heavy atom. The molecule has 1 rings (SSSR count). The van der Waals surface area contributed by atoms with Gasteiger partial charge in [-0.1, -0.05) is 42.5 Å². The van der Waals surface area contributed by atoms with Crippen molar-refractivity contribution in [3.63, 3.8) is 0 Å². The number of nitrogens with one attached hydrogen (secondary N) is 1. The summed E-state index contributed by atoms with van der Waals surface area (Å²) in [4.78, 5) is 0.742. The number of hydrogen-bond acceptors (Lipinski definition) is 2. The molecule has 1 N–H and O–H groups in total. The molecule has 13 heavy (non-hydrogen) atoms. The molecule has 1 aromatic rings. The molecular formula is C10H13NOS. The van der Waals surface area contributed by atoms with Crippen molar-refractivity contribution in [2.24, 2.45) is 0 Å². The van der Waals surface area contributed by atoms with E-state index < -0.39 is 0 Å². The minimum Gasteiger partial charge on any atom is -0.378 e. The van der Waals surface area contributed by atoms with Crippen LogP contribution in [-0.2, 0) is 11.3 Å². The van der Waals surface area contributed by atoms with Crippen molar-refractivity contribution >= 4 is 17.2 Å². The van der Waals surface area contributed by atoms with E-state index in [2.05, 4.69) is 17.4 Å². The fraction of sp³-hybridized carbons (Fsp3) is 0.300. The van der Waals surface area contributed by atoms with Crippen molar-refractivity contribution in [2.75, 3.05) is 13.7 Å². The average Bonchev–Trinajstić information content (AvgIpc) is 2.17. The number of rotatable bonds is 4. The van der Waals surface area contributed by atoms with Gasteiger partial charge >= 0.3 is 0 Å². The molecule has 0 fully saturated rings. The normalized spacial score (nSPS) is 9.62. The fourth-order valence-electron chi connectivity index (χ4n) is 0.979. The molecule has 0 aliphatic heterocycles. The van der Waals surface area contributed by atoms with Gasteiger partial charge in [0.15, 0.2) is 0 Å². The molecule has 0 heterocycles. The second-order valence-corrected chi connectivity index (χ2v) is 3.19. The van der Waals surface area contributed by atoms with Crippen LogP contribution in [0.4, 0.5) is 0 Å². The van der Waals surface area contributed by atoms with Gasteiger partial charge in [0.25, 0.3) is 0 Å². The molecule has 0 amide bonds. The Bertz CT molecular complexity index is 261. The molecule has 0 spiro atoms. The Labute approximate surface area is 83.9 Å². The summed E-state index contributed by atoms with van der Waals surface area (Å²) in [6, 6.07) is 10.1. The highest BCUT2D eigenvalue weighted by molar-refractivity contribution is 7.80. The minimum atomic E-state index is 0.488. The SMILES string of the molecule is COCC(=S)NCc1ccccc1. The summed E-state index contributed by atoms with van der Waals surface area (Å²) >= 11 is 5.02. The van der Waals surface area contributed by atoms with E-state index in [1.165, 1.54) is 5.56 Å². The topological polar surface area (TPSA) is 21.3 Å². The molecule has 0 aliphatic carbocycles. The van der Waals surface area contributed by atoms with Crippen LogP contribution in [0.3, 0.4) is 0 Å². The van der Waals surface area contributed by atoms with E-state index in [-0.39, 0.29) is 0 Å². The molecule has 1 aromatic carbocycles. The van der Waals surface area contributed by atoms with Gasteiger partial charge in [-0.05, 0) is 5.56 Å². The third-order valence-electron chi connectivity index (χ3n) is 1.61. The quantitative estimate of drug-likeness (QED) is 0.740. The predicted octanol–water partition coefficient (Wildman–Crippen LogP) is 1.75. The van der Waals surface area contributed by atoms with Gasteiger partial charge in [-0.15, -0.1) is 0 Å². The molecule has 3 heteroatoms. The second kappa shape index (κ2) is 5.67. The van der Waals surface area contributed by atoms with Gasteiger partial charge in [0.2, 0.25) is 0 Å². The van der Waals surface area contributed by atoms with E-state index in [4.69, 9.17) is 17.0 Å². The van der Waals surface area contributed by atoms with Crippen molar-refractivity contribution in [1.29, 1.82) is 0 Å². The fourth-order valence-corrected chi connectivity index (χ4v) is 1.17. The molecule has 0 saturated heterocycles. The highest BCUT2D eigenvalue weighted by Crippen LogP contribution is 1.96. The molecule has 0 unspecified atom stereocenters. The second-order valence-electron chi connectivity index (χ2n) is 2.70. The van der Waals surface area contributed by atoms with E-state index in [0.717, 1.165) is 11.5 Å². The van der Waals surface area contributed by atoms with Gasteiger partial charge in [0, 0.05) is 13.7 Å². The summed E-state index contributed by atoms with van der Waals surface area (Å²) < 4.78 is 4.89. The number of hydrogen-bond donors (Lipinski definition) is 1.